The minimum atomic E-state index is -3.66. The van der Waals surface area contributed by atoms with E-state index >= 15 is 0 Å². The average Bonchev–Trinajstić information content (AvgIpc) is 2.59. The van der Waals surface area contributed by atoms with Crippen molar-refractivity contribution in [1.82, 2.24) is 9.21 Å². The summed E-state index contributed by atoms with van der Waals surface area (Å²) in [6.07, 6.45) is -1.57. The largest absolute Gasteiger partial charge is 0.379 e. The van der Waals surface area contributed by atoms with Crippen molar-refractivity contribution in [2.45, 2.75) is 12.0 Å². The van der Waals surface area contributed by atoms with Gasteiger partial charge in [-0.25, -0.2) is 8.42 Å². The number of hydrogen-bond donors (Lipinski definition) is 1. The van der Waals surface area contributed by atoms with E-state index in [4.69, 9.17) is 4.74 Å². The van der Waals surface area contributed by atoms with Gasteiger partial charge in [0.05, 0.1) is 25.5 Å². The van der Waals surface area contributed by atoms with Gasteiger partial charge in [-0.2, -0.15) is 4.31 Å². The summed E-state index contributed by atoms with van der Waals surface area (Å²) in [7, 11) is -3.66. The van der Waals surface area contributed by atoms with Crippen LogP contribution in [0.25, 0.3) is 0 Å². The van der Waals surface area contributed by atoms with E-state index in [9.17, 15) is 18.4 Å². The van der Waals surface area contributed by atoms with Crippen molar-refractivity contribution in [3.8, 4) is 0 Å². The van der Waals surface area contributed by atoms with Gasteiger partial charge < -0.3 is 9.84 Å². The first kappa shape index (κ1) is 18.9. The number of nitroso groups, excluding NO2 is 1. The number of aliphatic hydroxyl groups is 1. The topological polar surface area (TPSA) is 99.5 Å². The van der Waals surface area contributed by atoms with E-state index in [0.29, 0.717) is 25.3 Å². The molecule has 2 rings (SSSR count). The van der Waals surface area contributed by atoms with Crippen LogP contribution in [-0.4, -0.2) is 74.9 Å². The molecule has 1 atom stereocenters. The van der Waals surface area contributed by atoms with Crippen LogP contribution in [0.15, 0.2) is 35.5 Å². The fourth-order valence-electron chi connectivity index (χ4n) is 2.51. The Hall–Kier alpha value is -1.39. The van der Waals surface area contributed by atoms with Gasteiger partial charge in [0.1, 0.15) is 0 Å². The number of hydrogen-bond acceptors (Lipinski definition) is 7. The van der Waals surface area contributed by atoms with E-state index in [1.165, 1.54) is 0 Å². The number of morpholine rings is 1. The van der Waals surface area contributed by atoms with E-state index in [-0.39, 0.29) is 18.8 Å². The molecule has 1 heterocycles. The monoisotopic (exact) mass is 357 g/mol. The van der Waals surface area contributed by atoms with Crippen molar-refractivity contribution in [1.29, 1.82) is 0 Å². The summed E-state index contributed by atoms with van der Waals surface area (Å²) < 4.78 is 31.7. The predicted octanol–water partition coefficient (Wildman–Crippen LogP) is 0.235. The normalized spacial score (nSPS) is 17.8. The van der Waals surface area contributed by atoms with Crippen molar-refractivity contribution >= 4 is 10.0 Å². The molecule has 1 aliphatic rings. The van der Waals surface area contributed by atoms with Gasteiger partial charge in [-0.3, -0.25) is 4.90 Å². The van der Waals surface area contributed by atoms with Crippen LogP contribution < -0.4 is 0 Å². The van der Waals surface area contributed by atoms with Gasteiger partial charge >= 0.3 is 0 Å². The molecule has 0 aromatic heterocycles. The van der Waals surface area contributed by atoms with E-state index in [1.54, 1.807) is 24.3 Å². The summed E-state index contributed by atoms with van der Waals surface area (Å²) in [4.78, 5) is 12.6. The highest BCUT2D eigenvalue weighted by molar-refractivity contribution is 7.88. The fraction of sp³-hybridized carbons (Fsp3) is 0.600. The first-order chi connectivity index (χ1) is 11.5. The molecule has 1 aromatic carbocycles. The second-order valence-electron chi connectivity index (χ2n) is 5.64. The number of ether oxygens (including phenoxy) is 1. The summed E-state index contributed by atoms with van der Waals surface area (Å²) in [5, 5.41) is 12.0. The Morgan fingerprint density at radius 3 is 2.54 bits per heavy atom. The SMILES string of the molecule is O=NC(O)CN(CCN1CCOCC1)S(=O)(=O)Cc1ccccc1. The summed E-state index contributed by atoms with van der Waals surface area (Å²) in [5.41, 5.74) is 0.655. The Morgan fingerprint density at radius 2 is 1.92 bits per heavy atom. The lowest BCUT2D eigenvalue weighted by Crippen LogP contribution is -2.45. The van der Waals surface area contributed by atoms with Crippen molar-refractivity contribution in [3.63, 3.8) is 0 Å². The van der Waals surface area contributed by atoms with E-state index < -0.39 is 16.3 Å². The molecular weight excluding hydrogens is 334 g/mol. The van der Waals surface area contributed by atoms with Gasteiger partial charge in [-0.1, -0.05) is 30.3 Å². The second kappa shape index (κ2) is 9.19. The van der Waals surface area contributed by atoms with Crippen LogP contribution in [0.3, 0.4) is 0 Å². The second-order valence-corrected chi connectivity index (χ2v) is 7.61. The zero-order chi connectivity index (χ0) is 17.4. The highest BCUT2D eigenvalue weighted by Crippen LogP contribution is 2.12. The molecule has 1 aromatic rings. The fourth-order valence-corrected chi connectivity index (χ4v) is 4.03. The third kappa shape index (κ3) is 5.91. The van der Waals surface area contributed by atoms with E-state index in [2.05, 4.69) is 10.1 Å². The van der Waals surface area contributed by atoms with Crippen LogP contribution in [0.2, 0.25) is 0 Å². The van der Waals surface area contributed by atoms with Gasteiger partial charge in [0.15, 0.2) is 0 Å². The predicted molar refractivity (Wildman–Crippen MR) is 89.7 cm³/mol. The quantitative estimate of drug-likeness (QED) is 0.636. The third-order valence-electron chi connectivity index (χ3n) is 3.84. The molecule has 1 saturated heterocycles. The molecule has 0 aliphatic carbocycles. The van der Waals surface area contributed by atoms with Gasteiger partial charge in [0, 0.05) is 26.2 Å². The molecule has 8 nitrogen and oxygen atoms in total. The minimum Gasteiger partial charge on any atom is -0.379 e. The molecule has 1 unspecified atom stereocenters. The van der Waals surface area contributed by atoms with Gasteiger partial charge in [0.25, 0.3) is 0 Å². The highest BCUT2D eigenvalue weighted by atomic mass is 32.2. The Morgan fingerprint density at radius 1 is 1.25 bits per heavy atom. The van der Waals surface area contributed by atoms with E-state index in [1.807, 2.05) is 6.07 Å². The Balaban J connectivity index is 2.03. The molecular formula is C15H23N3O5S. The minimum absolute atomic E-state index is 0.178. The molecule has 24 heavy (non-hydrogen) atoms. The molecule has 0 amide bonds. The first-order valence-corrected chi connectivity index (χ1v) is 9.44. The van der Waals surface area contributed by atoms with Crippen molar-refractivity contribution in [2.24, 2.45) is 5.18 Å². The highest BCUT2D eigenvalue weighted by Gasteiger charge is 2.26. The number of aliphatic hydroxyl groups excluding tert-OH is 1. The van der Waals surface area contributed by atoms with Gasteiger partial charge in [-0.15, -0.1) is 4.91 Å². The zero-order valence-corrected chi connectivity index (χ0v) is 14.3. The number of benzene rings is 1. The molecule has 0 spiro atoms. The van der Waals surface area contributed by atoms with Gasteiger partial charge in [0.2, 0.25) is 16.3 Å². The lowest BCUT2D eigenvalue weighted by atomic mass is 10.2. The Bertz CT molecular complexity index is 605. The maximum absolute atomic E-state index is 12.7. The maximum atomic E-state index is 12.7. The number of sulfonamides is 1. The zero-order valence-electron chi connectivity index (χ0n) is 13.5. The Labute approximate surface area is 142 Å². The molecule has 0 bridgehead atoms. The van der Waals surface area contributed by atoms with Crippen molar-refractivity contribution in [3.05, 3.63) is 40.8 Å². The smallest absolute Gasteiger partial charge is 0.218 e. The standard InChI is InChI=1S/C15H23N3O5S/c19-15(16-20)12-18(7-6-17-8-10-23-11-9-17)24(21,22)13-14-4-2-1-3-5-14/h1-5,15,19H,6-13H2. The number of nitrogens with zero attached hydrogens (tertiary/aromatic N) is 3. The molecule has 134 valence electrons. The lowest BCUT2D eigenvalue weighted by Gasteiger charge is -2.29. The first-order valence-electron chi connectivity index (χ1n) is 7.83. The lowest BCUT2D eigenvalue weighted by molar-refractivity contribution is 0.0350. The van der Waals surface area contributed by atoms with Crippen LogP contribution in [0.4, 0.5) is 0 Å². The summed E-state index contributed by atoms with van der Waals surface area (Å²) in [6, 6.07) is 8.81. The molecule has 0 radical (unpaired) electrons. The third-order valence-corrected chi connectivity index (χ3v) is 5.66. The van der Waals surface area contributed by atoms with Crippen LogP contribution in [0, 0.1) is 4.91 Å². The van der Waals surface area contributed by atoms with Crippen LogP contribution >= 0.6 is 0 Å². The molecule has 1 fully saturated rings. The number of rotatable bonds is 9. The van der Waals surface area contributed by atoms with E-state index in [0.717, 1.165) is 17.4 Å². The summed E-state index contributed by atoms with van der Waals surface area (Å²) in [5.74, 6) is -0.178. The Kier molecular flexibility index (Phi) is 7.25. The van der Waals surface area contributed by atoms with Crippen LogP contribution in [0.1, 0.15) is 5.56 Å². The van der Waals surface area contributed by atoms with Crippen molar-refractivity contribution in [2.75, 3.05) is 45.9 Å². The summed E-state index contributed by atoms with van der Waals surface area (Å²) in [6.45, 7) is 3.10. The maximum Gasteiger partial charge on any atom is 0.218 e. The average molecular weight is 357 g/mol. The summed E-state index contributed by atoms with van der Waals surface area (Å²) >= 11 is 0. The van der Waals surface area contributed by atoms with Crippen LogP contribution in [-0.2, 0) is 20.5 Å². The molecule has 1 aliphatic heterocycles. The van der Waals surface area contributed by atoms with Gasteiger partial charge in [-0.05, 0) is 10.7 Å². The van der Waals surface area contributed by atoms with Crippen molar-refractivity contribution < 1.29 is 18.3 Å². The molecule has 1 N–H and O–H groups in total. The molecule has 9 heteroatoms. The molecule has 0 saturated carbocycles. The van der Waals surface area contributed by atoms with Crippen LogP contribution in [0.5, 0.6) is 0 Å².